The topological polar surface area (TPSA) is 41.1 Å². The van der Waals surface area contributed by atoms with E-state index >= 15 is 0 Å². The van der Waals surface area contributed by atoms with Crippen LogP contribution in [-0.4, -0.2) is 25.5 Å². The number of nitrogens with one attached hydrogen (secondary N) is 2. The van der Waals surface area contributed by atoms with Crippen molar-refractivity contribution in [2.24, 2.45) is 5.41 Å². The molecule has 2 N–H and O–H groups in total. The van der Waals surface area contributed by atoms with Gasteiger partial charge >= 0.3 is 0 Å². The third-order valence-corrected chi connectivity index (χ3v) is 4.17. The minimum Gasteiger partial charge on any atom is -0.351 e. The first kappa shape index (κ1) is 14.4. The van der Waals surface area contributed by atoms with E-state index < -0.39 is 0 Å². The molecule has 0 unspecified atom stereocenters. The minimum atomic E-state index is -0.0280. The lowest BCUT2D eigenvalue weighted by atomic mass is 9.81. The van der Waals surface area contributed by atoms with Gasteiger partial charge in [0.25, 0.3) is 5.91 Å². The summed E-state index contributed by atoms with van der Waals surface area (Å²) in [4.78, 5) is 12.2. The van der Waals surface area contributed by atoms with Crippen molar-refractivity contribution >= 4 is 17.5 Å². The van der Waals surface area contributed by atoms with Gasteiger partial charge in [0.05, 0.1) is 0 Å². The lowest BCUT2D eigenvalue weighted by Crippen LogP contribution is -2.43. The van der Waals surface area contributed by atoms with Crippen LogP contribution < -0.4 is 10.6 Å². The van der Waals surface area contributed by atoms with E-state index in [1.165, 1.54) is 0 Å². The number of halogens is 1. The summed E-state index contributed by atoms with van der Waals surface area (Å²) in [5.41, 5.74) is 1.83. The quantitative estimate of drug-likeness (QED) is 0.894. The molecule has 1 saturated heterocycles. The van der Waals surface area contributed by atoms with Crippen molar-refractivity contribution in [2.75, 3.05) is 19.6 Å². The average molecular weight is 281 g/mol. The van der Waals surface area contributed by atoms with E-state index in [0.717, 1.165) is 38.0 Å². The molecule has 0 aliphatic carbocycles. The molecule has 0 aromatic heterocycles. The van der Waals surface area contributed by atoms with Gasteiger partial charge in [0, 0.05) is 17.1 Å². The van der Waals surface area contributed by atoms with Gasteiger partial charge in [-0.1, -0.05) is 24.6 Å². The third-order valence-electron chi connectivity index (χ3n) is 3.93. The second-order valence-electron chi connectivity index (χ2n) is 5.70. The summed E-state index contributed by atoms with van der Waals surface area (Å²) in [5.74, 6) is -0.0280. The van der Waals surface area contributed by atoms with Gasteiger partial charge in [0.15, 0.2) is 0 Å². The van der Waals surface area contributed by atoms with Crippen LogP contribution >= 0.6 is 11.6 Å². The van der Waals surface area contributed by atoms with Gasteiger partial charge < -0.3 is 10.6 Å². The fourth-order valence-electron chi connectivity index (χ4n) is 2.43. The van der Waals surface area contributed by atoms with Gasteiger partial charge in [0.1, 0.15) is 0 Å². The Morgan fingerprint density at radius 1 is 1.42 bits per heavy atom. The molecule has 1 heterocycles. The molecule has 0 spiro atoms. The van der Waals surface area contributed by atoms with Crippen LogP contribution in [0, 0.1) is 12.3 Å². The van der Waals surface area contributed by atoms with E-state index in [9.17, 15) is 4.79 Å². The number of piperidine rings is 1. The number of benzene rings is 1. The Morgan fingerprint density at radius 3 is 2.79 bits per heavy atom. The van der Waals surface area contributed by atoms with Crippen LogP contribution in [0.3, 0.4) is 0 Å². The fraction of sp³-hybridized carbons (Fsp3) is 0.533. The summed E-state index contributed by atoms with van der Waals surface area (Å²) in [6.45, 7) is 6.95. The summed E-state index contributed by atoms with van der Waals surface area (Å²) in [7, 11) is 0. The SMILES string of the molecule is Cc1ccc(Cl)cc1C(=O)NCC1(C)CCNCC1. The molecule has 0 atom stereocenters. The second kappa shape index (κ2) is 5.93. The Labute approximate surface area is 119 Å². The van der Waals surface area contributed by atoms with Crippen molar-refractivity contribution in [3.8, 4) is 0 Å². The highest BCUT2D eigenvalue weighted by molar-refractivity contribution is 6.31. The van der Waals surface area contributed by atoms with Crippen molar-refractivity contribution in [1.82, 2.24) is 10.6 Å². The van der Waals surface area contributed by atoms with E-state index in [4.69, 9.17) is 11.6 Å². The molecule has 0 bridgehead atoms. The first-order valence-corrected chi connectivity index (χ1v) is 7.13. The van der Waals surface area contributed by atoms with Crippen LogP contribution in [0.15, 0.2) is 18.2 Å². The number of hydrogen-bond acceptors (Lipinski definition) is 2. The summed E-state index contributed by atoms with van der Waals surface area (Å²) in [5, 5.41) is 7.00. The number of carbonyl (C=O) groups is 1. The minimum absolute atomic E-state index is 0.0280. The van der Waals surface area contributed by atoms with Gasteiger partial charge in [-0.2, -0.15) is 0 Å². The molecule has 1 aliphatic rings. The Bertz CT molecular complexity index is 467. The monoisotopic (exact) mass is 280 g/mol. The third kappa shape index (κ3) is 3.71. The van der Waals surface area contributed by atoms with E-state index in [0.29, 0.717) is 10.6 Å². The molecule has 1 aromatic rings. The Morgan fingerprint density at radius 2 is 2.11 bits per heavy atom. The Hall–Kier alpha value is -1.06. The number of aryl methyl sites for hydroxylation is 1. The molecule has 0 radical (unpaired) electrons. The zero-order valence-electron chi connectivity index (χ0n) is 11.6. The molecule has 104 valence electrons. The molecule has 1 fully saturated rings. The zero-order chi connectivity index (χ0) is 13.9. The lowest BCUT2D eigenvalue weighted by Gasteiger charge is -2.34. The molecule has 2 rings (SSSR count). The van der Waals surface area contributed by atoms with E-state index in [2.05, 4.69) is 17.6 Å². The molecular formula is C15H21ClN2O. The van der Waals surface area contributed by atoms with E-state index in [1.807, 2.05) is 19.1 Å². The predicted molar refractivity (Wildman–Crippen MR) is 78.7 cm³/mol. The summed E-state index contributed by atoms with van der Waals surface area (Å²) in [6, 6.07) is 5.42. The van der Waals surface area contributed by atoms with Crippen LogP contribution in [0.1, 0.15) is 35.7 Å². The maximum Gasteiger partial charge on any atom is 0.251 e. The van der Waals surface area contributed by atoms with Crippen LogP contribution in [-0.2, 0) is 0 Å². The van der Waals surface area contributed by atoms with Gasteiger partial charge in [-0.15, -0.1) is 0 Å². The highest BCUT2D eigenvalue weighted by Crippen LogP contribution is 2.27. The van der Waals surface area contributed by atoms with Crippen molar-refractivity contribution < 1.29 is 4.79 Å². The van der Waals surface area contributed by atoms with Crippen LogP contribution in [0.4, 0.5) is 0 Å². The highest BCUT2D eigenvalue weighted by Gasteiger charge is 2.27. The molecule has 4 heteroatoms. The van der Waals surface area contributed by atoms with Crippen molar-refractivity contribution in [3.63, 3.8) is 0 Å². The lowest BCUT2D eigenvalue weighted by molar-refractivity contribution is 0.0921. The smallest absolute Gasteiger partial charge is 0.251 e. The zero-order valence-corrected chi connectivity index (χ0v) is 12.3. The molecule has 19 heavy (non-hydrogen) atoms. The summed E-state index contributed by atoms with van der Waals surface area (Å²) >= 11 is 5.95. The predicted octanol–water partition coefficient (Wildman–Crippen LogP) is 2.77. The number of hydrogen-bond donors (Lipinski definition) is 2. The fourth-order valence-corrected chi connectivity index (χ4v) is 2.61. The van der Waals surface area contributed by atoms with Crippen LogP contribution in [0.25, 0.3) is 0 Å². The van der Waals surface area contributed by atoms with Crippen molar-refractivity contribution in [1.29, 1.82) is 0 Å². The maximum absolute atomic E-state index is 12.2. The van der Waals surface area contributed by atoms with Gasteiger partial charge in [-0.05, 0) is 56.0 Å². The van der Waals surface area contributed by atoms with Gasteiger partial charge in [-0.25, -0.2) is 0 Å². The summed E-state index contributed by atoms with van der Waals surface area (Å²) in [6.07, 6.45) is 2.20. The largest absolute Gasteiger partial charge is 0.351 e. The molecule has 1 aliphatic heterocycles. The Kier molecular flexibility index (Phi) is 4.48. The first-order chi connectivity index (χ1) is 9.00. The standard InChI is InChI=1S/C15H21ClN2O/c1-11-3-4-12(16)9-13(11)14(19)18-10-15(2)5-7-17-8-6-15/h3-4,9,17H,5-8,10H2,1-2H3,(H,18,19). The Balaban J connectivity index is 1.99. The van der Waals surface area contributed by atoms with E-state index in [-0.39, 0.29) is 11.3 Å². The van der Waals surface area contributed by atoms with Crippen molar-refractivity contribution in [2.45, 2.75) is 26.7 Å². The number of rotatable bonds is 3. The molecule has 3 nitrogen and oxygen atoms in total. The highest BCUT2D eigenvalue weighted by atomic mass is 35.5. The van der Waals surface area contributed by atoms with Gasteiger partial charge in [0.2, 0.25) is 0 Å². The van der Waals surface area contributed by atoms with Crippen LogP contribution in [0.2, 0.25) is 5.02 Å². The first-order valence-electron chi connectivity index (χ1n) is 6.75. The normalized spacial score (nSPS) is 18.1. The number of carbonyl (C=O) groups excluding carboxylic acids is 1. The molecular weight excluding hydrogens is 260 g/mol. The maximum atomic E-state index is 12.2. The van der Waals surface area contributed by atoms with Gasteiger partial charge in [-0.3, -0.25) is 4.79 Å². The van der Waals surface area contributed by atoms with Crippen LogP contribution in [0.5, 0.6) is 0 Å². The van der Waals surface area contributed by atoms with E-state index in [1.54, 1.807) is 6.07 Å². The molecule has 1 aromatic carbocycles. The second-order valence-corrected chi connectivity index (χ2v) is 6.14. The van der Waals surface area contributed by atoms with Crippen molar-refractivity contribution in [3.05, 3.63) is 34.3 Å². The molecule has 1 amide bonds. The molecule has 0 saturated carbocycles. The summed E-state index contributed by atoms with van der Waals surface area (Å²) < 4.78 is 0. The number of amides is 1. The average Bonchev–Trinajstić information content (AvgIpc) is 2.40.